The van der Waals surface area contributed by atoms with Crippen LogP contribution in [0.5, 0.6) is 0 Å². The van der Waals surface area contributed by atoms with Crippen LogP contribution in [0.1, 0.15) is 41.2 Å². The average molecular weight is 403 g/mol. The van der Waals surface area contributed by atoms with Crippen LogP contribution in [-0.2, 0) is 0 Å². The van der Waals surface area contributed by atoms with E-state index < -0.39 is 5.82 Å². The van der Waals surface area contributed by atoms with Crippen molar-refractivity contribution in [3.63, 3.8) is 0 Å². The SMILES string of the molecule is O=C(NC1CCN(C2CC(c3ccccc3)NN2)CC1)c1ccc(F)c(Cl)c1. The van der Waals surface area contributed by atoms with E-state index in [2.05, 4.69) is 45.3 Å². The fraction of sp³-hybridized carbons (Fsp3) is 0.381. The zero-order chi connectivity index (χ0) is 19.5. The molecule has 2 aromatic carbocycles. The Labute approximate surface area is 169 Å². The Bertz CT molecular complexity index is 826. The minimum absolute atomic E-state index is 0.0322. The molecule has 2 aliphatic rings. The fourth-order valence-corrected chi connectivity index (χ4v) is 4.13. The highest BCUT2D eigenvalue weighted by Gasteiger charge is 2.32. The Balaban J connectivity index is 1.27. The largest absolute Gasteiger partial charge is 0.349 e. The second-order valence-corrected chi connectivity index (χ2v) is 7.82. The second kappa shape index (κ2) is 8.57. The van der Waals surface area contributed by atoms with Crippen LogP contribution in [0.15, 0.2) is 48.5 Å². The van der Waals surface area contributed by atoms with Gasteiger partial charge in [0.2, 0.25) is 0 Å². The van der Waals surface area contributed by atoms with E-state index in [4.69, 9.17) is 11.6 Å². The van der Waals surface area contributed by atoms with Crippen molar-refractivity contribution >= 4 is 17.5 Å². The minimum atomic E-state index is -0.516. The van der Waals surface area contributed by atoms with Gasteiger partial charge in [-0.3, -0.25) is 9.69 Å². The molecule has 148 valence electrons. The summed E-state index contributed by atoms with van der Waals surface area (Å²) in [4.78, 5) is 14.8. The standard InChI is InChI=1S/C21H24ClFN4O/c22-17-12-15(6-7-18(17)23)21(28)24-16-8-10-27(11-9-16)20-13-19(25-26-20)14-4-2-1-3-5-14/h1-7,12,16,19-20,25-26H,8-11,13H2,(H,24,28). The van der Waals surface area contributed by atoms with Gasteiger partial charge in [0.1, 0.15) is 5.82 Å². The third-order valence-electron chi connectivity index (χ3n) is 5.57. The lowest BCUT2D eigenvalue weighted by molar-refractivity contribution is 0.0880. The first kappa shape index (κ1) is 19.3. The number of benzene rings is 2. The lowest BCUT2D eigenvalue weighted by Gasteiger charge is -2.35. The van der Waals surface area contributed by atoms with Crippen LogP contribution < -0.4 is 16.2 Å². The quantitative estimate of drug-likeness (QED) is 0.735. The number of hydrogen-bond donors (Lipinski definition) is 3. The van der Waals surface area contributed by atoms with E-state index in [0.29, 0.717) is 11.6 Å². The van der Waals surface area contributed by atoms with Crippen LogP contribution in [0.4, 0.5) is 4.39 Å². The molecule has 0 aliphatic carbocycles. The molecule has 2 aromatic rings. The van der Waals surface area contributed by atoms with Crippen LogP contribution >= 0.6 is 11.6 Å². The Morgan fingerprint density at radius 1 is 1.11 bits per heavy atom. The van der Waals surface area contributed by atoms with Gasteiger partial charge < -0.3 is 5.32 Å². The molecule has 0 saturated carbocycles. The third-order valence-corrected chi connectivity index (χ3v) is 5.86. The number of piperidine rings is 1. The molecule has 0 aromatic heterocycles. The zero-order valence-electron chi connectivity index (χ0n) is 15.5. The van der Waals surface area contributed by atoms with Crippen molar-refractivity contribution in [2.45, 2.75) is 37.5 Å². The van der Waals surface area contributed by atoms with Gasteiger partial charge >= 0.3 is 0 Å². The normalized spacial score (nSPS) is 23.6. The molecular formula is C21H24ClFN4O. The summed E-state index contributed by atoms with van der Waals surface area (Å²) in [5.74, 6) is -0.719. The van der Waals surface area contributed by atoms with Gasteiger partial charge in [0.05, 0.1) is 11.2 Å². The summed E-state index contributed by atoms with van der Waals surface area (Å²) in [6, 6.07) is 14.9. The second-order valence-electron chi connectivity index (χ2n) is 7.42. The maximum atomic E-state index is 13.3. The smallest absolute Gasteiger partial charge is 0.251 e. The molecule has 3 N–H and O–H groups in total. The maximum Gasteiger partial charge on any atom is 0.251 e. The molecule has 2 fully saturated rings. The molecule has 2 aliphatic heterocycles. The Morgan fingerprint density at radius 3 is 2.57 bits per heavy atom. The average Bonchev–Trinajstić information content (AvgIpc) is 3.21. The molecule has 0 bridgehead atoms. The first-order chi connectivity index (χ1) is 13.6. The third kappa shape index (κ3) is 4.36. The van der Waals surface area contributed by atoms with Gasteiger partial charge in [-0.05, 0) is 43.0 Å². The predicted octanol–water partition coefficient (Wildman–Crippen LogP) is 3.24. The molecule has 7 heteroatoms. The summed E-state index contributed by atoms with van der Waals surface area (Å²) >= 11 is 5.77. The Kier molecular flexibility index (Phi) is 5.92. The summed E-state index contributed by atoms with van der Waals surface area (Å²) < 4.78 is 13.3. The number of likely N-dealkylation sites (tertiary alicyclic amines) is 1. The van der Waals surface area contributed by atoms with E-state index in [9.17, 15) is 9.18 Å². The van der Waals surface area contributed by atoms with Crippen molar-refractivity contribution in [2.24, 2.45) is 0 Å². The van der Waals surface area contributed by atoms with Gasteiger partial charge in [-0.2, -0.15) is 0 Å². The van der Waals surface area contributed by atoms with Crippen LogP contribution in [0.25, 0.3) is 0 Å². The van der Waals surface area contributed by atoms with E-state index in [-0.39, 0.29) is 23.1 Å². The van der Waals surface area contributed by atoms with Gasteiger partial charge in [-0.15, -0.1) is 0 Å². The van der Waals surface area contributed by atoms with Gasteiger partial charge in [0.25, 0.3) is 5.91 Å². The van der Waals surface area contributed by atoms with Gasteiger partial charge in [-0.1, -0.05) is 41.9 Å². The van der Waals surface area contributed by atoms with E-state index >= 15 is 0 Å². The molecular weight excluding hydrogens is 379 g/mol. The predicted molar refractivity (Wildman–Crippen MR) is 107 cm³/mol. The monoisotopic (exact) mass is 402 g/mol. The summed E-state index contributed by atoms with van der Waals surface area (Å²) in [5.41, 5.74) is 8.48. The first-order valence-corrected chi connectivity index (χ1v) is 10.0. The van der Waals surface area contributed by atoms with Gasteiger partial charge in [0.15, 0.2) is 0 Å². The van der Waals surface area contributed by atoms with Crippen molar-refractivity contribution in [3.05, 3.63) is 70.5 Å². The van der Waals surface area contributed by atoms with E-state index in [1.807, 2.05) is 6.07 Å². The Morgan fingerprint density at radius 2 is 1.86 bits per heavy atom. The molecule has 1 amide bonds. The van der Waals surface area contributed by atoms with Crippen molar-refractivity contribution in [1.29, 1.82) is 0 Å². The molecule has 0 radical (unpaired) electrons. The van der Waals surface area contributed by atoms with Crippen LogP contribution in [0.3, 0.4) is 0 Å². The summed E-state index contributed by atoms with van der Waals surface area (Å²) in [7, 11) is 0. The van der Waals surface area contributed by atoms with E-state index in [0.717, 1.165) is 32.4 Å². The highest BCUT2D eigenvalue weighted by Crippen LogP contribution is 2.25. The van der Waals surface area contributed by atoms with Crippen molar-refractivity contribution in [2.75, 3.05) is 13.1 Å². The molecule has 2 atom stereocenters. The minimum Gasteiger partial charge on any atom is -0.349 e. The molecule has 4 rings (SSSR count). The summed E-state index contributed by atoms with van der Waals surface area (Å²) in [5, 5.41) is 3.01. The van der Waals surface area contributed by atoms with Crippen molar-refractivity contribution < 1.29 is 9.18 Å². The number of hydrazine groups is 1. The number of carbonyl (C=O) groups is 1. The number of hydrogen-bond acceptors (Lipinski definition) is 4. The topological polar surface area (TPSA) is 56.4 Å². The number of amides is 1. The summed E-state index contributed by atoms with van der Waals surface area (Å²) in [6.07, 6.45) is 3.07. The summed E-state index contributed by atoms with van der Waals surface area (Å²) in [6.45, 7) is 1.83. The molecule has 28 heavy (non-hydrogen) atoms. The number of nitrogens with one attached hydrogen (secondary N) is 3. The van der Waals surface area contributed by atoms with E-state index in [1.165, 1.54) is 23.8 Å². The van der Waals surface area contributed by atoms with Gasteiger partial charge in [-0.25, -0.2) is 15.2 Å². The fourth-order valence-electron chi connectivity index (χ4n) is 3.94. The number of halogens is 2. The molecule has 2 heterocycles. The lowest BCUT2D eigenvalue weighted by Crippen LogP contribution is -2.51. The highest BCUT2D eigenvalue weighted by atomic mass is 35.5. The number of nitrogens with zero attached hydrogens (tertiary/aromatic N) is 1. The maximum absolute atomic E-state index is 13.3. The van der Waals surface area contributed by atoms with Crippen LogP contribution in [-0.4, -0.2) is 36.1 Å². The number of carbonyl (C=O) groups excluding carboxylic acids is 1. The van der Waals surface area contributed by atoms with Crippen LogP contribution in [0, 0.1) is 5.82 Å². The van der Waals surface area contributed by atoms with Gasteiger partial charge in [0, 0.05) is 30.7 Å². The molecule has 2 saturated heterocycles. The Hall–Kier alpha value is -1.99. The molecule has 2 unspecified atom stereocenters. The van der Waals surface area contributed by atoms with Crippen LogP contribution in [0.2, 0.25) is 5.02 Å². The first-order valence-electron chi connectivity index (χ1n) is 9.66. The molecule has 5 nitrogen and oxygen atoms in total. The number of rotatable bonds is 4. The van der Waals surface area contributed by atoms with Crippen molar-refractivity contribution in [1.82, 2.24) is 21.1 Å². The highest BCUT2D eigenvalue weighted by molar-refractivity contribution is 6.31. The zero-order valence-corrected chi connectivity index (χ0v) is 16.3. The van der Waals surface area contributed by atoms with E-state index in [1.54, 1.807) is 0 Å². The molecule has 0 spiro atoms. The van der Waals surface area contributed by atoms with Crippen molar-refractivity contribution in [3.8, 4) is 0 Å². The lowest BCUT2D eigenvalue weighted by atomic mass is 10.0.